The van der Waals surface area contributed by atoms with E-state index in [2.05, 4.69) is 16.0 Å². The van der Waals surface area contributed by atoms with E-state index >= 15 is 0 Å². The van der Waals surface area contributed by atoms with Crippen LogP contribution in [0.5, 0.6) is 11.8 Å². The highest BCUT2D eigenvalue weighted by Crippen LogP contribution is 2.24. The van der Waals surface area contributed by atoms with Gasteiger partial charge in [0.2, 0.25) is 11.8 Å². The van der Waals surface area contributed by atoms with Crippen molar-refractivity contribution < 1.29 is 14.3 Å². The number of hydrogen-bond acceptors (Lipinski definition) is 6. The third-order valence-corrected chi connectivity index (χ3v) is 4.38. The minimum Gasteiger partial charge on any atom is -0.481 e. The number of nitriles is 1. The molecule has 1 unspecified atom stereocenters. The first-order valence-corrected chi connectivity index (χ1v) is 8.41. The minimum atomic E-state index is -0.0791. The molecule has 1 aliphatic heterocycles. The minimum absolute atomic E-state index is 0.0550. The third-order valence-electron chi connectivity index (χ3n) is 4.38. The zero-order valence-electron chi connectivity index (χ0n) is 14.8. The van der Waals surface area contributed by atoms with Gasteiger partial charge in [-0.1, -0.05) is 12.1 Å². The van der Waals surface area contributed by atoms with E-state index in [-0.39, 0.29) is 11.8 Å². The number of benzene rings is 1. The van der Waals surface area contributed by atoms with Gasteiger partial charge in [-0.3, -0.25) is 4.79 Å². The maximum atomic E-state index is 12.7. The normalized spacial score (nSPS) is 16.7. The average Bonchev–Trinajstić information content (AvgIpc) is 2.72. The number of ether oxygens (including phenoxy) is 2. The molecule has 7 heteroatoms. The smallest absolute Gasteiger partial charge is 0.253 e. The predicted octanol–water partition coefficient (Wildman–Crippen LogP) is 2.54. The molecule has 0 bridgehead atoms. The van der Waals surface area contributed by atoms with E-state index in [4.69, 9.17) is 14.7 Å². The number of likely N-dealkylation sites (tertiary alicyclic amines) is 1. The molecule has 26 heavy (non-hydrogen) atoms. The largest absolute Gasteiger partial charge is 0.481 e. The van der Waals surface area contributed by atoms with Crippen LogP contribution in [-0.4, -0.2) is 48.1 Å². The highest BCUT2D eigenvalue weighted by molar-refractivity contribution is 5.94. The second-order valence-electron chi connectivity index (χ2n) is 6.07. The standard InChI is InChI=1S/C19H20N4O3/c1-25-16-10-17(26-2)22-18(21-16)14-5-7-15(8-6-14)19(24)23-9-3-4-13(11-20)12-23/h5-8,10,13H,3-4,9,12H2,1-2H3. The number of methoxy groups -OCH3 is 2. The summed E-state index contributed by atoms with van der Waals surface area (Å²) >= 11 is 0. The zero-order valence-corrected chi connectivity index (χ0v) is 14.8. The highest BCUT2D eigenvalue weighted by atomic mass is 16.5. The summed E-state index contributed by atoms with van der Waals surface area (Å²) in [6.07, 6.45) is 1.72. The van der Waals surface area contributed by atoms with E-state index in [1.807, 2.05) is 0 Å². The summed E-state index contributed by atoms with van der Waals surface area (Å²) in [6.45, 7) is 1.18. The zero-order chi connectivity index (χ0) is 18.5. The second-order valence-corrected chi connectivity index (χ2v) is 6.07. The van der Waals surface area contributed by atoms with Crippen molar-refractivity contribution >= 4 is 5.91 Å². The van der Waals surface area contributed by atoms with Crippen molar-refractivity contribution in [2.45, 2.75) is 12.8 Å². The van der Waals surface area contributed by atoms with Gasteiger partial charge in [0.25, 0.3) is 5.91 Å². The molecule has 1 fully saturated rings. The molecule has 0 radical (unpaired) electrons. The van der Waals surface area contributed by atoms with E-state index in [1.54, 1.807) is 35.2 Å². The molecule has 3 rings (SSSR count). The number of piperidine rings is 1. The Bertz CT molecular complexity index is 807. The van der Waals surface area contributed by atoms with Crippen LogP contribution in [-0.2, 0) is 0 Å². The van der Waals surface area contributed by atoms with Gasteiger partial charge in [-0.15, -0.1) is 0 Å². The van der Waals surface area contributed by atoms with Crippen molar-refractivity contribution in [3.63, 3.8) is 0 Å². The van der Waals surface area contributed by atoms with Gasteiger partial charge in [0, 0.05) is 24.2 Å². The Kier molecular flexibility index (Phi) is 5.32. The van der Waals surface area contributed by atoms with Crippen LogP contribution in [0.3, 0.4) is 0 Å². The molecule has 1 atom stereocenters. The second kappa shape index (κ2) is 7.83. The lowest BCUT2D eigenvalue weighted by Gasteiger charge is -2.29. The highest BCUT2D eigenvalue weighted by Gasteiger charge is 2.24. The quantitative estimate of drug-likeness (QED) is 0.840. The van der Waals surface area contributed by atoms with Gasteiger partial charge in [-0.2, -0.15) is 15.2 Å². The van der Waals surface area contributed by atoms with Crippen molar-refractivity contribution in [2.24, 2.45) is 5.92 Å². The number of amides is 1. The van der Waals surface area contributed by atoms with E-state index in [0.29, 0.717) is 36.2 Å². The van der Waals surface area contributed by atoms with E-state index in [9.17, 15) is 4.79 Å². The molecule has 0 N–H and O–H groups in total. The fraction of sp³-hybridized carbons (Fsp3) is 0.368. The van der Waals surface area contributed by atoms with E-state index < -0.39 is 0 Å². The maximum absolute atomic E-state index is 12.7. The van der Waals surface area contributed by atoms with E-state index in [1.165, 1.54) is 14.2 Å². The molecule has 1 aromatic carbocycles. The summed E-state index contributed by atoms with van der Waals surface area (Å²) in [4.78, 5) is 23.0. The number of carbonyl (C=O) groups is 1. The van der Waals surface area contributed by atoms with Crippen molar-refractivity contribution in [1.82, 2.24) is 14.9 Å². The molecule has 134 valence electrons. The summed E-state index contributed by atoms with van der Waals surface area (Å²) in [5, 5.41) is 9.09. The number of rotatable bonds is 4. The third kappa shape index (κ3) is 3.75. The first-order chi connectivity index (χ1) is 12.6. The lowest BCUT2D eigenvalue weighted by Crippen LogP contribution is -2.39. The molecule has 2 aromatic rings. The van der Waals surface area contributed by atoms with Crippen LogP contribution < -0.4 is 9.47 Å². The number of hydrogen-bond donors (Lipinski definition) is 0. The van der Waals surface area contributed by atoms with Gasteiger partial charge in [-0.25, -0.2) is 0 Å². The molecule has 0 aliphatic carbocycles. The molecule has 0 spiro atoms. The fourth-order valence-corrected chi connectivity index (χ4v) is 2.95. The van der Waals surface area contributed by atoms with Gasteiger partial charge < -0.3 is 14.4 Å². The Morgan fingerprint density at radius 1 is 1.19 bits per heavy atom. The molecular weight excluding hydrogens is 332 g/mol. The van der Waals surface area contributed by atoms with Gasteiger partial charge >= 0.3 is 0 Å². The predicted molar refractivity (Wildman–Crippen MR) is 94.8 cm³/mol. The monoisotopic (exact) mass is 352 g/mol. The van der Waals surface area contributed by atoms with Crippen LogP contribution in [0, 0.1) is 17.2 Å². The van der Waals surface area contributed by atoms with Gasteiger partial charge in [0.1, 0.15) is 0 Å². The number of carbonyl (C=O) groups excluding carboxylic acids is 1. The van der Waals surface area contributed by atoms with Crippen molar-refractivity contribution in [2.75, 3.05) is 27.3 Å². The van der Waals surface area contributed by atoms with Gasteiger partial charge in [0.15, 0.2) is 5.82 Å². The van der Waals surface area contributed by atoms with Crippen LogP contribution in [0.25, 0.3) is 11.4 Å². The van der Waals surface area contributed by atoms with E-state index in [0.717, 1.165) is 18.4 Å². The van der Waals surface area contributed by atoms with Crippen LogP contribution in [0.1, 0.15) is 23.2 Å². The fourth-order valence-electron chi connectivity index (χ4n) is 2.95. The van der Waals surface area contributed by atoms with Crippen molar-refractivity contribution in [3.05, 3.63) is 35.9 Å². The lowest BCUT2D eigenvalue weighted by molar-refractivity contribution is 0.0699. The first kappa shape index (κ1) is 17.7. The van der Waals surface area contributed by atoms with Crippen LogP contribution >= 0.6 is 0 Å². The molecule has 1 saturated heterocycles. The Morgan fingerprint density at radius 2 is 1.85 bits per heavy atom. The summed E-state index contributed by atoms with van der Waals surface area (Å²) in [7, 11) is 3.06. The summed E-state index contributed by atoms with van der Waals surface area (Å²) < 4.78 is 10.3. The van der Waals surface area contributed by atoms with Crippen molar-refractivity contribution in [1.29, 1.82) is 5.26 Å². The molecule has 1 amide bonds. The van der Waals surface area contributed by atoms with Gasteiger partial charge in [-0.05, 0) is 25.0 Å². The molecule has 2 heterocycles. The Hall–Kier alpha value is -3.14. The first-order valence-electron chi connectivity index (χ1n) is 8.41. The molecular formula is C19H20N4O3. The van der Waals surface area contributed by atoms with Gasteiger partial charge in [0.05, 0.1) is 32.3 Å². The topological polar surface area (TPSA) is 88.3 Å². The summed E-state index contributed by atoms with van der Waals surface area (Å²) in [6, 6.07) is 11.0. The summed E-state index contributed by atoms with van der Waals surface area (Å²) in [5.74, 6) is 1.14. The number of aromatic nitrogens is 2. The maximum Gasteiger partial charge on any atom is 0.253 e. The average molecular weight is 352 g/mol. The molecule has 0 saturated carbocycles. The molecule has 1 aromatic heterocycles. The molecule has 7 nitrogen and oxygen atoms in total. The Balaban J connectivity index is 1.80. The Morgan fingerprint density at radius 3 is 2.42 bits per heavy atom. The SMILES string of the molecule is COc1cc(OC)nc(-c2ccc(C(=O)N3CCCC(C#N)C3)cc2)n1. The lowest BCUT2D eigenvalue weighted by atomic mass is 9.99. The van der Waals surface area contributed by atoms with Crippen LogP contribution in [0.4, 0.5) is 0 Å². The van der Waals surface area contributed by atoms with Crippen LogP contribution in [0.2, 0.25) is 0 Å². The molecule has 1 aliphatic rings. The van der Waals surface area contributed by atoms with Crippen molar-refractivity contribution in [3.8, 4) is 29.2 Å². The Labute approximate surface area is 152 Å². The summed E-state index contributed by atoms with van der Waals surface area (Å²) in [5.41, 5.74) is 1.34. The number of nitrogens with zero attached hydrogens (tertiary/aromatic N) is 4. The van der Waals surface area contributed by atoms with Crippen LogP contribution in [0.15, 0.2) is 30.3 Å².